The molecule has 0 bridgehead atoms. The zero-order valence-corrected chi connectivity index (χ0v) is 20.4. The molecule has 5 rings (SSSR count). The molecule has 6 heteroatoms. The summed E-state index contributed by atoms with van der Waals surface area (Å²) in [4.78, 5) is 29.1. The lowest BCUT2D eigenvalue weighted by Gasteiger charge is -2.25. The first-order valence-electron chi connectivity index (χ1n) is 10.9. The van der Waals surface area contributed by atoms with Crippen molar-refractivity contribution in [3.63, 3.8) is 0 Å². The fourth-order valence-electron chi connectivity index (χ4n) is 4.31. The van der Waals surface area contributed by atoms with Crippen LogP contribution in [0.2, 0.25) is 0 Å². The number of rotatable bonds is 5. The number of hydrogen-bond donors (Lipinski definition) is 0. The maximum absolute atomic E-state index is 13.8. The second-order valence-electron chi connectivity index (χ2n) is 8.33. The molecule has 170 valence electrons. The van der Waals surface area contributed by atoms with Gasteiger partial charge in [0.15, 0.2) is 5.43 Å². The van der Waals surface area contributed by atoms with Crippen LogP contribution in [0.15, 0.2) is 87.0 Å². The van der Waals surface area contributed by atoms with Crippen molar-refractivity contribution in [1.82, 2.24) is 0 Å². The molecule has 2 heterocycles. The largest absolute Gasteiger partial charge is 0.490 e. The van der Waals surface area contributed by atoms with Crippen molar-refractivity contribution >= 4 is 38.5 Å². The summed E-state index contributed by atoms with van der Waals surface area (Å²) in [6.07, 6.45) is 1.68. The minimum Gasteiger partial charge on any atom is -0.490 e. The smallest absolute Gasteiger partial charge is 0.295 e. The molecule has 34 heavy (non-hydrogen) atoms. The van der Waals surface area contributed by atoms with E-state index in [1.807, 2.05) is 74.5 Å². The maximum Gasteiger partial charge on any atom is 0.295 e. The van der Waals surface area contributed by atoms with Crippen molar-refractivity contribution < 1.29 is 13.9 Å². The van der Waals surface area contributed by atoms with Gasteiger partial charge in [0.05, 0.1) is 17.0 Å². The van der Waals surface area contributed by atoms with E-state index in [9.17, 15) is 9.59 Å². The Morgan fingerprint density at radius 1 is 1.03 bits per heavy atom. The van der Waals surface area contributed by atoms with Gasteiger partial charge in [0.1, 0.15) is 17.9 Å². The van der Waals surface area contributed by atoms with Gasteiger partial charge < -0.3 is 9.15 Å². The quantitative estimate of drug-likeness (QED) is 0.285. The second kappa shape index (κ2) is 8.61. The van der Waals surface area contributed by atoms with Gasteiger partial charge in [-0.1, -0.05) is 40.7 Å². The lowest BCUT2D eigenvalue weighted by Crippen LogP contribution is -2.29. The zero-order chi connectivity index (χ0) is 24.0. The Hall–Kier alpha value is -3.64. The molecule has 0 spiro atoms. The van der Waals surface area contributed by atoms with Gasteiger partial charge in [-0.3, -0.25) is 14.5 Å². The fraction of sp³-hybridized carbons (Fsp3) is 0.143. The average Bonchev–Trinajstić information content (AvgIpc) is 3.12. The van der Waals surface area contributed by atoms with Gasteiger partial charge in [-0.15, -0.1) is 0 Å². The minimum atomic E-state index is -0.626. The van der Waals surface area contributed by atoms with E-state index < -0.39 is 6.04 Å². The Bertz CT molecular complexity index is 1490. The number of benzene rings is 3. The number of anilines is 1. The highest BCUT2D eigenvalue weighted by atomic mass is 79.9. The predicted molar refractivity (Wildman–Crippen MR) is 137 cm³/mol. The highest BCUT2D eigenvalue weighted by Gasteiger charge is 2.43. The standard InChI is InChI=1S/C28H22BrNO4/c1-4-13-33-21-11-5-18(6-12-21)25-24-26(31)22-14-16(2)17(3)15-23(22)34-27(24)28(32)30(25)20-9-7-19(29)8-10-20/h4-12,14-15,25H,1,13H2,2-3H3. The van der Waals surface area contributed by atoms with Gasteiger partial charge in [-0.2, -0.15) is 0 Å². The maximum atomic E-state index is 13.8. The zero-order valence-electron chi connectivity index (χ0n) is 18.8. The Labute approximate surface area is 205 Å². The third kappa shape index (κ3) is 3.64. The third-order valence-electron chi connectivity index (χ3n) is 6.15. The molecule has 0 fully saturated rings. The summed E-state index contributed by atoms with van der Waals surface area (Å²) < 4.78 is 12.6. The molecule has 0 saturated carbocycles. The number of aryl methyl sites for hydroxylation is 2. The molecule has 3 aromatic carbocycles. The number of ether oxygens (including phenoxy) is 1. The second-order valence-corrected chi connectivity index (χ2v) is 9.25. The number of carbonyl (C=O) groups is 1. The Kier molecular flexibility index (Phi) is 5.62. The van der Waals surface area contributed by atoms with Gasteiger partial charge in [0.25, 0.3) is 5.91 Å². The van der Waals surface area contributed by atoms with Crippen molar-refractivity contribution in [2.45, 2.75) is 19.9 Å². The highest BCUT2D eigenvalue weighted by Crippen LogP contribution is 2.42. The van der Waals surface area contributed by atoms with E-state index in [1.165, 1.54) is 0 Å². The van der Waals surface area contributed by atoms with E-state index in [2.05, 4.69) is 22.5 Å². The number of amides is 1. The van der Waals surface area contributed by atoms with Gasteiger partial charge in [0.2, 0.25) is 5.76 Å². The molecule has 1 unspecified atom stereocenters. The van der Waals surface area contributed by atoms with Crippen LogP contribution >= 0.6 is 15.9 Å². The van der Waals surface area contributed by atoms with Gasteiger partial charge in [-0.25, -0.2) is 0 Å². The first-order valence-corrected chi connectivity index (χ1v) is 11.7. The van der Waals surface area contributed by atoms with Crippen LogP contribution in [-0.4, -0.2) is 12.5 Å². The Morgan fingerprint density at radius 3 is 2.38 bits per heavy atom. The Morgan fingerprint density at radius 2 is 1.71 bits per heavy atom. The van der Waals surface area contributed by atoms with E-state index >= 15 is 0 Å². The fourth-order valence-corrected chi connectivity index (χ4v) is 4.58. The SMILES string of the molecule is C=CCOc1ccc(C2c3c(oc4cc(C)c(C)cc4c3=O)C(=O)N2c2ccc(Br)cc2)cc1. The highest BCUT2D eigenvalue weighted by molar-refractivity contribution is 9.10. The molecular formula is C28H22BrNO4. The van der Waals surface area contributed by atoms with E-state index in [0.29, 0.717) is 34.6 Å². The minimum absolute atomic E-state index is 0.0839. The van der Waals surface area contributed by atoms with Crippen molar-refractivity contribution in [1.29, 1.82) is 0 Å². The van der Waals surface area contributed by atoms with Crippen LogP contribution in [0, 0.1) is 13.8 Å². The molecule has 0 radical (unpaired) electrons. The van der Waals surface area contributed by atoms with Gasteiger partial charge in [-0.05, 0) is 79.1 Å². The summed E-state index contributed by atoms with van der Waals surface area (Å²) in [6, 6.07) is 17.9. The number of carbonyl (C=O) groups excluding carboxylic acids is 1. The van der Waals surface area contributed by atoms with E-state index in [4.69, 9.17) is 9.15 Å². The predicted octanol–water partition coefficient (Wildman–Crippen LogP) is 6.49. The monoisotopic (exact) mass is 515 g/mol. The molecule has 0 saturated heterocycles. The summed E-state index contributed by atoms with van der Waals surface area (Å²) >= 11 is 3.45. The van der Waals surface area contributed by atoms with Crippen molar-refractivity contribution in [2.24, 2.45) is 0 Å². The number of hydrogen-bond acceptors (Lipinski definition) is 4. The summed E-state index contributed by atoms with van der Waals surface area (Å²) in [5.41, 5.74) is 4.04. The molecule has 1 aliphatic rings. The van der Waals surface area contributed by atoms with Crippen LogP contribution in [0.3, 0.4) is 0 Å². The van der Waals surface area contributed by atoms with Gasteiger partial charge >= 0.3 is 0 Å². The van der Waals surface area contributed by atoms with E-state index in [-0.39, 0.29) is 17.1 Å². The molecule has 1 amide bonds. The summed E-state index contributed by atoms with van der Waals surface area (Å²) in [7, 11) is 0. The van der Waals surface area contributed by atoms with Crippen molar-refractivity contribution in [3.8, 4) is 5.75 Å². The van der Waals surface area contributed by atoms with Crippen molar-refractivity contribution in [3.05, 3.63) is 116 Å². The van der Waals surface area contributed by atoms with Crippen LogP contribution in [0.25, 0.3) is 11.0 Å². The molecule has 1 aliphatic heterocycles. The van der Waals surface area contributed by atoms with Gasteiger partial charge in [0, 0.05) is 10.2 Å². The lowest BCUT2D eigenvalue weighted by atomic mass is 9.97. The van der Waals surface area contributed by atoms with E-state index in [0.717, 1.165) is 21.2 Å². The number of halogens is 1. The topological polar surface area (TPSA) is 59.8 Å². The summed E-state index contributed by atoms with van der Waals surface area (Å²) in [5, 5.41) is 0.475. The van der Waals surface area contributed by atoms with Crippen LogP contribution in [0.5, 0.6) is 5.75 Å². The summed E-state index contributed by atoms with van der Waals surface area (Å²) in [6.45, 7) is 7.97. The van der Waals surface area contributed by atoms with Crippen LogP contribution in [-0.2, 0) is 0 Å². The molecule has 1 atom stereocenters. The molecule has 4 aromatic rings. The number of fused-ring (bicyclic) bond motifs is 2. The molecule has 1 aromatic heterocycles. The molecular weight excluding hydrogens is 494 g/mol. The van der Waals surface area contributed by atoms with Crippen LogP contribution < -0.4 is 15.1 Å². The lowest BCUT2D eigenvalue weighted by molar-refractivity contribution is 0.0971. The molecule has 5 nitrogen and oxygen atoms in total. The third-order valence-corrected chi connectivity index (χ3v) is 6.68. The average molecular weight is 516 g/mol. The normalized spacial score (nSPS) is 15.0. The first kappa shape index (κ1) is 22.2. The Balaban J connectivity index is 1.73. The van der Waals surface area contributed by atoms with E-state index in [1.54, 1.807) is 11.0 Å². The molecule has 0 N–H and O–H groups in total. The number of nitrogens with zero attached hydrogens (tertiary/aromatic N) is 1. The van der Waals surface area contributed by atoms with Crippen molar-refractivity contribution in [2.75, 3.05) is 11.5 Å². The van der Waals surface area contributed by atoms with Crippen LogP contribution in [0.4, 0.5) is 5.69 Å². The first-order chi connectivity index (χ1) is 16.4. The summed E-state index contributed by atoms with van der Waals surface area (Å²) in [5.74, 6) is 0.423. The molecule has 0 aliphatic carbocycles. The van der Waals surface area contributed by atoms with Crippen LogP contribution in [0.1, 0.15) is 38.9 Å².